The van der Waals surface area contributed by atoms with Crippen molar-refractivity contribution in [2.24, 2.45) is 11.7 Å². The van der Waals surface area contributed by atoms with Gasteiger partial charge in [-0.05, 0) is 39.2 Å². The first kappa shape index (κ1) is 14.3. The average molecular weight is 267 g/mol. The van der Waals surface area contributed by atoms with Gasteiger partial charge < -0.3 is 10.6 Å². The topological polar surface area (TPSA) is 66.6 Å². The van der Waals surface area contributed by atoms with Crippen LogP contribution in [0, 0.1) is 5.92 Å². The summed E-state index contributed by atoms with van der Waals surface area (Å²) < 4.78 is 0. The number of amides is 2. The van der Waals surface area contributed by atoms with Crippen molar-refractivity contribution in [3.8, 4) is 0 Å². The number of piperidine rings is 2. The predicted octanol–water partition coefficient (Wildman–Crippen LogP) is 0.585. The van der Waals surface area contributed by atoms with Gasteiger partial charge in [-0.3, -0.25) is 14.5 Å². The lowest BCUT2D eigenvalue weighted by atomic mass is 9.96. The summed E-state index contributed by atoms with van der Waals surface area (Å²) in [5.74, 6) is -0.0635. The molecule has 2 amide bonds. The zero-order valence-electron chi connectivity index (χ0n) is 11.8. The van der Waals surface area contributed by atoms with Crippen LogP contribution >= 0.6 is 0 Å². The van der Waals surface area contributed by atoms with Crippen molar-refractivity contribution in [1.29, 1.82) is 0 Å². The van der Waals surface area contributed by atoms with Crippen molar-refractivity contribution in [2.45, 2.75) is 45.1 Å². The number of primary amides is 1. The highest BCUT2D eigenvalue weighted by molar-refractivity contribution is 5.80. The van der Waals surface area contributed by atoms with Crippen LogP contribution in [0.2, 0.25) is 0 Å². The van der Waals surface area contributed by atoms with E-state index in [1.165, 1.54) is 19.3 Å². The first-order valence-corrected chi connectivity index (χ1v) is 7.39. The van der Waals surface area contributed by atoms with Gasteiger partial charge in [0.05, 0.1) is 6.54 Å². The fourth-order valence-corrected chi connectivity index (χ4v) is 3.08. The first-order valence-electron chi connectivity index (χ1n) is 7.39. The van der Waals surface area contributed by atoms with Crippen molar-refractivity contribution in [2.75, 3.05) is 26.2 Å². The molecule has 0 spiro atoms. The van der Waals surface area contributed by atoms with Crippen molar-refractivity contribution in [1.82, 2.24) is 9.80 Å². The zero-order chi connectivity index (χ0) is 13.8. The molecule has 2 fully saturated rings. The Labute approximate surface area is 115 Å². The molecule has 2 aliphatic rings. The van der Waals surface area contributed by atoms with E-state index in [2.05, 4.69) is 11.8 Å². The molecule has 2 saturated heterocycles. The monoisotopic (exact) mass is 267 g/mol. The van der Waals surface area contributed by atoms with Gasteiger partial charge in [-0.15, -0.1) is 0 Å². The van der Waals surface area contributed by atoms with E-state index >= 15 is 0 Å². The van der Waals surface area contributed by atoms with E-state index in [1.807, 2.05) is 4.90 Å². The summed E-state index contributed by atoms with van der Waals surface area (Å²) in [6.45, 7) is 5.11. The van der Waals surface area contributed by atoms with Crippen LogP contribution in [0.4, 0.5) is 0 Å². The summed E-state index contributed by atoms with van der Waals surface area (Å²) >= 11 is 0. The van der Waals surface area contributed by atoms with E-state index in [9.17, 15) is 9.59 Å². The standard InChI is InChI=1S/C14H25N3O2/c1-11-4-2-3-7-17(11)10-13(18)16-8-5-12(6-9-16)14(15)19/h11-12H,2-10H2,1H3,(H2,15,19)/t11-/m1/s1. The highest BCUT2D eigenvalue weighted by Crippen LogP contribution is 2.19. The van der Waals surface area contributed by atoms with Gasteiger partial charge in [0, 0.05) is 25.0 Å². The second kappa shape index (κ2) is 6.37. The maximum absolute atomic E-state index is 12.3. The number of likely N-dealkylation sites (tertiary alicyclic amines) is 2. The highest BCUT2D eigenvalue weighted by atomic mass is 16.2. The Morgan fingerprint density at radius 1 is 1.11 bits per heavy atom. The molecule has 2 heterocycles. The SMILES string of the molecule is C[C@@H]1CCCCN1CC(=O)N1CCC(C(N)=O)CC1. The van der Waals surface area contributed by atoms with Crippen molar-refractivity contribution in [3.05, 3.63) is 0 Å². The highest BCUT2D eigenvalue weighted by Gasteiger charge is 2.28. The van der Waals surface area contributed by atoms with Crippen LogP contribution in [0.5, 0.6) is 0 Å². The third kappa shape index (κ3) is 3.69. The lowest BCUT2D eigenvalue weighted by Gasteiger charge is -2.36. The number of nitrogens with two attached hydrogens (primary N) is 1. The normalized spacial score (nSPS) is 26.4. The number of nitrogens with zero attached hydrogens (tertiary/aromatic N) is 2. The molecule has 0 aliphatic carbocycles. The van der Waals surface area contributed by atoms with E-state index in [4.69, 9.17) is 5.73 Å². The summed E-state index contributed by atoms with van der Waals surface area (Å²) in [5, 5.41) is 0. The first-order chi connectivity index (χ1) is 9.08. The number of carbonyl (C=O) groups excluding carboxylic acids is 2. The van der Waals surface area contributed by atoms with Gasteiger partial charge in [0.25, 0.3) is 0 Å². The van der Waals surface area contributed by atoms with Crippen LogP contribution in [0.15, 0.2) is 0 Å². The molecule has 0 aromatic carbocycles. The molecule has 0 unspecified atom stereocenters. The van der Waals surface area contributed by atoms with Crippen molar-refractivity contribution >= 4 is 11.8 Å². The number of hydrogen-bond acceptors (Lipinski definition) is 3. The van der Waals surface area contributed by atoms with E-state index in [-0.39, 0.29) is 17.7 Å². The predicted molar refractivity (Wildman–Crippen MR) is 73.4 cm³/mol. The van der Waals surface area contributed by atoms with Crippen LogP contribution in [-0.2, 0) is 9.59 Å². The number of hydrogen-bond donors (Lipinski definition) is 1. The van der Waals surface area contributed by atoms with E-state index in [0.717, 1.165) is 19.4 Å². The van der Waals surface area contributed by atoms with Gasteiger partial charge in [-0.2, -0.15) is 0 Å². The Bertz CT molecular complexity index is 338. The van der Waals surface area contributed by atoms with E-state index < -0.39 is 0 Å². The Kier molecular flexibility index (Phi) is 4.80. The molecular formula is C14H25N3O2. The molecule has 5 nitrogen and oxygen atoms in total. The van der Waals surface area contributed by atoms with Crippen molar-refractivity contribution in [3.63, 3.8) is 0 Å². The number of carbonyl (C=O) groups is 2. The quantitative estimate of drug-likeness (QED) is 0.813. The van der Waals surface area contributed by atoms with Crippen LogP contribution in [0.3, 0.4) is 0 Å². The molecule has 2 aliphatic heterocycles. The Hall–Kier alpha value is -1.10. The largest absolute Gasteiger partial charge is 0.369 e. The molecule has 1 atom stereocenters. The Morgan fingerprint density at radius 2 is 1.79 bits per heavy atom. The lowest BCUT2D eigenvalue weighted by Crippen LogP contribution is -2.48. The fraction of sp³-hybridized carbons (Fsp3) is 0.857. The Balaban J connectivity index is 1.79. The van der Waals surface area contributed by atoms with Crippen molar-refractivity contribution < 1.29 is 9.59 Å². The molecule has 19 heavy (non-hydrogen) atoms. The third-order valence-electron chi connectivity index (χ3n) is 4.53. The van der Waals surface area contributed by atoms with Crippen LogP contribution in [0.1, 0.15) is 39.0 Å². The van der Waals surface area contributed by atoms with Crippen LogP contribution in [-0.4, -0.2) is 53.8 Å². The van der Waals surface area contributed by atoms with Gasteiger partial charge in [0.15, 0.2) is 0 Å². The van der Waals surface area contributed by atoms with Gasteiger partial charge in [0.1, 0.15) is 0 Å². The third-order valence-corrected chi connectivity index (χ3v) is 4.53. The maximum Gasteiger partial charge on any atom is 0.236 e. The minimum Gasteiger partial charge on any atom is -0.369 e. The average Bonchev–Trinajstić information content (AvgIpc) is 2.41. The number of rotatable bonds is 3. The Morgan fingerprint density at radius 3 is 2.37 bits per heavy atom. The van der Waals surface area contributed by atoms with E-state index in [1.54, 1.807) is 0 Å². The van der Waals surface area contributed by atoms with Gasteiger partial charge in [-0.25, -0.2) is 0 Å². The summed E-state index contributed by atoms with van der Waals surface area (Å²) in [6, 6.07) is 0.515. The minimum absolute atomic E-state index is 0.0436. The second-order valence-electron chi connectivity index (χ2n) is 5.87. The summed E-state index contributed by atoms with van der Waals surface area (Å²) in [7, 11) is 0. The van der Waals surface area contributed by atoms with Gasteiger partial charge in [-0.1, -0.05) is 6.42 Å². The summed E-state index contributed by atoms with van der Waals surface area (Å²) in [4.78, 5) is 27.5. The lowest BCUT2D eigenvalue weighted by molar-refractivity contribution is -0.136. The molecule has 0 bridgehead atoms. The smallest absolute Gasteiger partial charge is 0.236 e. The molecule has 0 radical (unpaired) electrons. The van der Waals surface area contributed by atoms with Gasteiger partial charge in [0.2, 0.25) is 11.8 Å². The molecule has 0 aromatic rings. The molecule has 108 valence electrons. The second-order valence-corrected chi connectivity index (χ2v) is 5.87. The molecule has 2 N–H and O–H groups in total. The summed E-state index contributed by atoms with van der Waals surface area (Å²) in [5.41, 5.74) is 5.31. The molecule has 5 heteroatoms. The molecule has 0 aromatic heterocycles. The minimum atomic E-state index is -0.225. The molecular weight excluding hydrogens is 242 g/mol. The molecule has 2 rings (SSSR count). The summed E-state index contributed by atoms with van der Waals surface area (Å²) in [6.07, 6.45) is 5.10. The van der Waals surface area contributed by atoms with Crippen LogP contribution in [0.25, 0.3) is 0 Å². The van der Waals surface area contributed by atoms with Crippen LogP contribution < -0.4 is 5.73 Å². The maximum atomic E-state index is 12.3. The van der Waals surface area contributed by atoms with E-state index in [0.29, 0.717) is 25.7 Å². The molecule has 0 saturated carbocycles. The van der Waals surface area contributed by atoms with Gasteiger partial charge >= 0.3 is 0 Å². The fourth-order valence-electron chi connectivity index (χ4n) is 3.08. The zero-order valence-corrected chi connectivity index (χ0v) is 11.8.